The molecule has 4 nitrogen and oxygen atoms in total. The number of para-hydroxylation sites is 1. The molecule has 0 bridgehead atoms. The summed E-state index contributed by atoms with van der Waals surface area (Å²) < 4.78 is 64.9. The molecule has 23 heavy (non-hydrogen) atoms. The zero-order chi connectivity index (χ0) is 17.1. The van der Waals surface area contributed by atoms with Gasteiger partial charge >= 0.3 is 6.36 Å². The van der Waals surface area contributed by atoms with E-state index in [-0.39, 0.29) is 18.3 Å². The molecule has 1 aliphatic rings. The molecule has 1 saturated carbocycles. The molecular weight excluding hydrogens is 331 g/mol. The van der Waals surface area contributed by atoms with Gasteiger partial charge in [0.05, 0.1) is 5.25 Å². The normalized spacial score (nSPS) is 22.8. The van der Waals surface area contributed by atoms with Crippen molar-refractivity contribution in [3.8, 4) is 5.75 Å². The molecule has 1 fully saturated rings. The summed E-state index contributed by atoms with van der Waals surface area (Å²) in [6.07, 6.45) is -0.514. The van der Waals surface area contributed by atoms with E-state index in [1.54, 1.807) is 6.07 Å². The standard InChI is InChI=1S/C15H20F3NO3S/c1-23(20,21)14-9-5-3-7-12(14)19-10-11-6-2-4-8-13(11)22-15(16,17)18/h2,4,6,8,12,14,19H,3,5,7,9-10H2,1H3. The number of hydrogen-bond acceptors (Lipinski definition) is 4. The van der Waals surface area contributed by atoms with Crippen LogP contribution in [0.1, 0.15) is 31.2 Å². The van der Waals surface area contributed by atoms with Gasteiger partial charge < -0.3 is 10.1 Å². The van der Waals surface area contributed by atoms with Gasteiger partial charge in [-0.15, -0.1) is 13.2 Å². The Morgan fingerprint density at radius 2 is 1.87 bits per heavy atom. The topological polar surface area (TPSA) is 55.4 Å². The van der Waals surface area contributed by atoms with Crippen molar-refractivity contribution in [2.45, 2.75) is 49.9 Å². The van der Waals surface area contributed by atoms with Gasteiger partial charge in [-0.1, -0.05) is 31.0 Å². The van der Waals surface area contributed by atoms with Gasteiger partial charge in [0.25, 0.3) is 0 Å². The van der Waals surface area contributed by atoms with Gasteiger partial charge in [0.1, 0.15) is 5.75 Å². The van der Waals surface area contributed by atoms with Gasteiger partial charge in [0, 0.05) is 24.4 Å². The van der Waals surface area contributed by atoms with E-state index in [0.29, 0.717) is 18.4 Å². The minimum atomic E-state index is -4.75. The lowest BCUT2D eigenvalue weighted by atomic mass is 9.94. The Morgan fingerprint density at radius 1 is 1.22 bits per heavy atom. The summed E-state index contributed by atoms with van der Waals surface area (Å²) in [6.45, 7) is 0.128. The molecule has 2 rings (SSSR count). The molecule has 2 unspecified atom stereocenters. The third kappa shape index (κ3) is 5.39. The van der Waals surface area contributed by atoms with Crippen molar-refractivity contribution in [2.24, 2.45) is 0 Å². The highest BCUT2D eigenvalue weighted by Crippen LogP contribution is 2.28. The predicted octanol–water partition coefficient (Wildman–Crippen LogP) is 3.03. The van der Waals surface area contributed by atoms with Crippen LogP contribution in [0.2, 0.25) is 0 Å². The summed E-state index contributed by atoms with van der Waals surface area (Å²) in [7, 11) is -3.19. The number of sulfone groups is 1. The second-order valence-electron chi connectivity index (χ2n) is 5.80. The highest BCUT2D eigenvalue weighted by molar-refractivity contribution is 7.91. The van der Waals surface area contributed by atoms with Crippen LogP contribution in [0.3, 0.4) is 0 Å². The first-order chi connectivity index (χ1) is 10.7. The number of rotatable bonds is 5. The lowest BCUT2D eigenvalue weighted by Gasteiger charge is -2.31. The second-order valence-corrected chi connectivity index (χ2v) is 8.06. The van der Waals surface area contributed by atoms with Crippen LogP contribution >= 0.6 is 0 Å². The number of hydrogen-bond donors (Lipinski definition) is 1. The molecule has 1 aromatic rings. The largest absolute Gasteiger partial charge is 0.573 e. The van der Waals surface area contributed by atoms with Crippen molar-refractivity contribution in [2.75, 3.05) is 6.26 Å². The summed E-state index contributed by atoms with van der Waals surface area (Å²) in [5.41, 5.74) is 0.350. The minimum Gasteiger partial charge on any atom is -0.405 e. The molecular formula is C15H20F3NO3S. The monoisotopic (exact) mass is 351 g/mol. The van der Waals surface area contributed by atoms with Gasteiger partial charge in [-0.3, -0.25) is 0 Å². The zero-order valence-corrected chi connectivity index (χ0v) is 13.6. The van der Waals surface area contributed by atoms with Crippen LogP contribution in [-0.4, -0.2) is 32.3 Å². The fourth-order valence-corrected chi connectivity index (χ4v) is 4.38. The average Bonchev–Trinajstić information content (AvgIpc) is 2.44. The van der Waals surface area contributed by atoms with E-state index in [9.17, 15) is 21.6 Å². The van der Waals surface area contributed by atoms with Crippen LogP contribution in [0.15, 0.2) is 24.3 Å². The molecule has 0 aromatic heterocycles. The highest BCUT2D eigenvalue weighted by atomic mass is 32.2. The summed E-state index contributed by atoms with van der Waals surface area (Å²) in [6, 6.07) is 5.61. The molecule has 0 aliphatic heterocycles. The minimum absolute atomic E-state index is 0.128. The number of nitrogens with one attached hydrogen (secondary N) is 1. The number of benzene rings is 1. The first-order valence-electron chi connectivity index (χ1n) is 7.43. The third-order valence-electron chi connectivity index (χ3n) is 4.01. The quantitative estimate of drug-likeness (QED) is 0.886. The fraction of sp³-hybridized carbons (Fsp3) is 0.600. The lowest BCUT2D eigenvalue weighted by Crippen LogP contribution is -2.45. The third-order valence-corrected chi connectivity index (χ3v) is 5.67. The van der Waals surface area contributed by atoms with E-state index in [1.807, 2.05) is 0 Å². The molecule has 130 valence electrons. The summed E-state index contributed by atoms with van der Waals surface area (Å²) in [5, 5.41) is 2.60. The van der Waals surface area contributed by atoms with Crippen molar-refractivity contribution in [1.29, 1.82) is 0 Å². The van der Waals surface area contributed by atoms with Crippen molar-refractivity contribution in [3.63, 3.8) is 0 Å². The Balaban J connectivity index is 2.08. The Bertz CT molecular complexity index is 631. The SMILES string of the molecule is CS(=O)(=O)C1CCCCC1NCc1ccccc1OC(F)(F)F. The fourth-order valence-electron chi connectivity index (χ4n) is 2.96. The average molecular weight is 351 g/mol. The molecule has 0 saturated heterocycles. The van der Waals surface area contributed by atoms with Gasteiger partial charge in [-0.2, -0.15) is 0 Å². The Morgan fingerprint density at radius 3 is 2.52 bits per heavy atom. The molecule has 1 aromatic carbocycles. The van der Waals surface area contributed by atoms with Crippen LogP contribution in [0, 0.1) is 0 Å². The van der Waals surface area contributed by atoms with Crippen molar-refractivity contribution in [1.82, 2.24) is 5.32 Å². The summed E-state index contributed by atoms with van der Waals surface area (Å²) in [4.78, 5) is 0. The van der Waals surface area contributed by atoms with Gasteiger partial charge in [0.2, 0.25) is 0 Å². The van der Waals surface area contributed by atoms with Crippen LogP contribution < -0.4 is 10.1 Å². The van der Waals surface area contributed by atoms with E-state index >= 15 is 0 Å². The van der Waals surface area contributed by atoms with Crippen LogP contribution in [0.4, 0.5) is 13.2 Å². The molecule has 2 atom stereocenters. The Kier molecular flexibility index (Phi) is 5.57. The van der Waals surface area contributed by atoms with E-state index in [1.165, 1.54) is 24.5 Å². The first kappa shape index (κ1) is 18.1. The van der Waals surface area contributed by atoms with E-state index < -0.39 is 21.4 Å². The summed E-state index contributed by atoms with van der Waals surface area (Å²) >= 11 is 0. The van der Waals surface area contributed by atoms with Gasteiger partial charge in [-0.05, 0) is 18.9 Å². The maximum Gasteiger partial charge on any atom is 0.573 e. The van der Waals surface area contributed by atoms with Crippen molar-refractivity contribution < 1.29 is 26.3 Å². The van der Waals surface area contributed by atoms with Gasteiger partial charge in [-0.25, -0.2) is 8.42 Å². The smallest absolute Gasteiger partial charge is 0.405 e. The van der Waals surface area contributed by atoms with Crippen LogP contribution in [-0.2, 0) is 16.4 Å². The number of halogens is 3. The van der Waals surface area contributed by atoms with Crippen LogP contribution in [0.25, 0.3) is 0 Å². The van der Waals surface area contributed by atoms with Crippen molar-refractivity contribution in [3.05, 3.63) is 29.8 Å². The van der Waals surface area contributed by atoms with Crippen LogP contribution in [0.5, 0.6) is 5.75 Å². The predicted molar refractivity (Wildman–Crippen MR) is 80.9 cm³/mol. The Labute approximate surface area is 133 Å². The maximum absolute atomic E-state index is 12.4. The van der Waals surface area contributed by atoms with Crippen molar-refractivity contribution >= 4 is 9.84 Å². The second kappa shape index (κ2) is 7.09. The van der Waals surface area contributed by atoms with E-state index in [0.717, 1.165) is 12.8 Å². The number of alkyl halides is 3. The molecule has 1 N–H and O–H groups in total. The zero-order valence-electron chi connectivity index (χ0n) is 12.8. The first-order valence-corrected chi connectivity index (χ1v) is 9.38. The van der Waals surface area contributed by atoms with Gasteiger partial charge in [0.15, 0.2) is 9.84 Å². The lowest BCUT2D eigenvalue weighted by molar-refractivity contribution is -0.274. The molecule has 0 spiro atoms. The van der Waals surface area contributed by atoms with E-state index in [2.05, 4.69) is 10.1 Å². The number of ether oxygens (including phenoxy) is 1. The molecule has 0 radical (unpaired) electrons. The van der Waals surface area contributed by atoms with E-state index in [4.69, 9.17) is 0 Å². The Hall–Kier alpha value is -1.28. The summed E-state index contributed by atoms with van der Waals surface area (Å²) in [5.74, 6) is -0.265. The molecule has 0 amide bonds. The molecule has 0 heterocycles. The molecule has 8 heteroatoms. The highest BCUT2D eigenvalue weighted by Gasteiger charge is 2.34. The maximum atomic E-state index is 12.4. The molecule has 1 aliphatic carbocycles.